The molecular weight excluding hydrogens is 308 g/mol. The average molecular weight is 323 g/mol. The van der Waals surface area contributed by atoms with Crippen LogP contribution in [0.25, 0.3) is 0 Å². The van der Waals surface area contributed by atoms with Gasteiger partial charge >= 0.3 is 0 Å². The zero-order valence-corrected chi connectivity index (χ0v) is 13.4. The van der Waals surface area contributed by atoms with Gasteiger partial charge in [-0.05, 0) is 36.2 Å². The molecule has 0 saturated carbocycles. The molecule has 1 rings (SSSR count). The van der Waals surface area contributed by atoms with Gasteiger partial charge in [0.2, 0.25) is 0 Å². The molecule has 0 N–H and O–H groups in total. The molecule has 0 aliphatic carbocycles. The molecule has 1 aromatic rings. The van der Waals surface area contributed by atoms with Gasteiger partial charge in [-0.3, -0.25) is 9.00 Å². The molecule has 19 heavy (non-hydrogen) atoms. The Labute approximate surface area is 120 Å². The third-order valence-electron chi connectivity index (χ3n) is 2.55. The summed E-state index contributed by atoms with van der Waals surface area (Å²) in [5.74, 6) is 0. The first-order valence-corrected chi connectivity index (χ1v) is 8.99. The largest absolute Gasteiger partial charge is 0.276 e. The fourth-order valence-corrected chi connectivity index (χ4v) is 4.29. The average Bonchev–Trinajstić information content (AvgIpc) is 2.25. The molecule has 7 heteroatoms. The van der Waals surface area contributed by atoms with E-state index in [1.165, 1.54) is 12.1 Å². The summed E-state index contributed by atoms with van der Waals surface area (Å²) in [5.41, 5.74) is 0.628. The van der Waals surface area contributed by atoms with E-state index in [1.54, 1.807) is 20.8 Å². The Morgan fingerprint density at radius 3 is 2.21 bits per heavy atom. The third-order valence-corrected chi connectivity index (χ3v) is 5.64. The quantitative estimate of drug-likeness (QED) is 0.798. The summed E-state index contributed by atoms with van der Waals surface area (Å²) >= 11 is 5.42. The minimum Gasteiger partial charge on any atom is -0.276 e. The normalized spacial score (nSPS) is 13.6. The van der Waals surface area contributed by atoms with Crippen LogP contribution >= 0.6 is 11.6 Å². The van der Waals surface area contributed by atoms with E-state index in [4.69, 9.17) is 11.6 Å². The highest BCUT2D eigenvalue weighted by molar-refractivity contribution is 7.92. The lowest BCUT2D eigenvalue weighted by Crippen LogP contribution is -2.13. The van der Waals surface area contributed by atoms with Gasteiger partial charge in [0.1, 0.15) is 0 Å². The molecule has 1 atom stereocenters. The SMILES string of the molecule is Cc1cc(S(=O)C(C)C)c(S(C)(=O)=O)cc1C(=O)Cl. The molecule has 0 saturated heterocycles. The predicted molar refractivity (Wildman–Crippen MR) is 76.0 cm³/mol. The number of benzene rings is 1. The number of sulfone groups is 1. The van der Waals surface area contributed by atoms with Gasteiger partial charge in [-0.1, -0.05) is 13.8 Å². The second kappa shape index (κ2) is 5.73. The molecule has 0 aliphatic rings. The van der Waals surface area contributed by atoms with Crippen molar-refractivity contribution in [1.29, 1.82) is 0 Å². The molecule has 0 bridgehead atoms. The van der Waals surface area contributed by atoms with E-state index >= 15 is 0 Å². The van der Waals surface area contributed by atoms with Crippen molar-refractivity contribution in [2.24, 2.45) is 0 Å². The number of carbonyl (C=O) groups is 1. The van der Waals surface area contributed by atoms with Gasteiger partial charge in [-0.25, -0.2) is 8.42 Å². The van der Waals surface area contributed by atoms with E-state index in [2.05, 4.69) is 0 Å². The van der Waals surface area contributed by atoms with E-state index < -0.39 is 25.9 Å². The number of hydrogen-bond acceptors (Lipinski definition) is 4. The highest BCUT2D eigenvalue weighted by atomic mass is 35.5. The van der Waals surface area contributed by atoms with E-state index in [-0.39, 0.29) is 20.6 Å². The number of halogens is 1. The lowest BCUT2D eigenvalue weighted by atomic mass is 10.1. The van der Waals surface area contributed by atoms with Crippen molar-refractivity contribution >= 4 is 37.5 Å². The van der Waals surface area contributed by atoms with E-state index in [0.29, 0.717) is 5.56 Å². The standard InChI is InChI=1S/C12H15ClO4S2/c1-7(2)18(15)10-5-8(3)9(12(13)14)6-11(10)19(4,16)17/h5-7H,1-4H3. The highest BCUT2D eigenvalue weighted by Crippen LogP contribution is 2.26. The Kier molecular flexibility index (Phi) is 4.92. The van der Waals surface area contributed by atoms with Crippen molar-refractivity contribution in [2.45, 2.75) is 35.8 Å². The van der Waals surface area contributed by atoms with E-state index in [0.717, 1.165) is 6.26 Å². The van der Waals surface area contributed by atoms with Crippen molar-refractivity contribution in [2.75, 3.05) is 6.26 Å². The summed E-state index contributed by atoms with van der Waals surface area (Å²) in [4.78, 5) is 11.4. The highest BCUT2D eigenvalue weighted by Gasteiger charge is 2.23. The van der Waals surface area contributed by atoms with Crippen LogP contribution in [0.5, 0.6) is 0 Å². The first-order chi connectivity index (χ1) is 8.55. The van der Waals surface area contributed by atoms with Crippen LogP contribution < -0.4 is 0 Å². The molecule has 0 amide bonds. The van der Waals surface area contributed by atoms with Crippen LogP contribution in [0.15, 0.2) is 21.9 Å². The summed E-state index contributed by atoms with van der Waals surface area (Å²) in [6, 6.07) is 2.66. The smallest absolute Gasteiger partial charge is 0.252 e. The Bertz CT molecular complexity index is 648. The van der Waals surface area contributed by atoms with Gasteiger partial charge in [0, 0.05) is 17.1 Å². The van der Waals surface area contributed by atoms with Crippen molar-refractivity contribution < 1.29 is 17.4 Å². The van der Waals surface area contributed by atoms with Crippen LogP contribution in [0.4, 0.5) is 0 Å². The fraction of sp³-hybridized carbons (Fsp3) is 0.417. The maximum Gasteiger partial charge on any atom is 0.252 e. The van der Waals surface area contributed by atoms with Crippen molar-refractivity contribution in [3.05, 3.63) is 23.3 Å². The molecule has 0 fully saturated rings. The molecule has 0 heterocycles. The van der Waals surface area contributed by atoms with Crippen LogP contribution in [0.3, 0.4) is 0 Å². The lowest BCUT2D eigenvalue weighted by Gasteiger charge is -2.13. The molecule has 1 aromatic carbocycles. The lowest BCUT2D eigenvalue weighted by molar-refractivity contribution is 0.108. The predicted octanol–water partition coefficient (Wildman–Crippen LogP) is 2.29. The minimum atomic E-state index is -3.59. The molecule has 0 aliphatic heterocycles. The van der Waals surface area contributed by atoms with E-state index in [9.17, 15) is 17.4 Å². The number of carbonyl (C=O) groups excluding carboxylic acids is 1. The summed E-state index contributed by atoms with van der Waals surface area (Å²) in [5, 5.41) is -0.957. The molecular formula is C12H15ClO4S2. The van der Waals surface area contributed by atoms with Crippen molar-refractivity contribution in [3.63, 3.8) is 0 Å². The van der Waals surface area contributed by atoms with Crippen LogP contribution in [0, 0.1) is 6.92 Å². The van der Waals surface area contributed by atoms with Gasteiger partial charge in [0.25, 0.3) is 5.24 Å². The summed E-state index contributed by atoms with van der Waals surface area (Å²) in [7, 11) is -5.05. The number of rotatable bonds is 4. The molecule has 0 aromatic heterocycles. The zero-order chi connectivity index (χ0) is 15.0. The Hall–Kier alpha value is -0.720. The van der Waals surface area contributed by atoms with E-state index in [1.807, 2.05) is 0 Å². The summed E-state index contributed by atoms with van der Waals surface area (Å²) in [6.07, 6.45) is 1.02. The Balaban J connectivity index is 3.69. The first-order valence-electron chi connectivity index (χ1n) is 5.50. The Morgan fingerprint density at radius 2 is 1.84 bits per heavy atom. The van der Waals surface area contributed by atoms with Crippen molar-refractivity contribution in [1.82, 2.24) is 0 Å². The first kappa shape index (κ1) is 16.3. The molecule has 4 nitrogen and oxygen atoms in total. The second-order valence-corrected chi connectivity index (χ2v) is 8.81. The van der Waals surface area contributed by atoms with Gasteiger partial charge < -0.3 is 0 Å². The molecule has 106 valence electrons. The van der Waals surface area contributed by atoms with Gasteiger partial charge in [-0.15, -0.1) is 0 Å². The topological polar surface area (TPSA) is 68.3 Å². The van der Waals surface area contributed by atoms with Gasteiger partial charge in [0.05, 0.1) is 20.6 Å². The fourth-order valence-electron chi connectivity index (χ4n) is 1.57. The molecule has 0 spiro atoms. The van der Waals surface area contributed by atoms with Crippen LogP contribution in [0.1, 0.15) is 29.8 Å². The van der Waals surface area contributed by atoms with Crippen LogP contribution in [-0.2, 0) is 20.6 Å². The van der Waals surface area contributed by atoms with Crippen LogP contribution in [-0.4, -0.2) is 29.4 Å². The minimum absolute atomic E-state index is 0.103. The zero-order valence-electron chi connectivity index (χ0n) is 11.1. The third kappa shape index (κ3) is 3.64. The number of hydrogen-bond donors (Lipinski definition) is 0. The molecule has 0 radical (unpaired) electrons. The second-order valence-electron chi connectivity index (χ2n) is 4.51. The maximum atomic E-state index is 12.2. The molecule has 1 unspecified atom stereocenters. The van der Waals surface area contributed by atoms with Crippen molar-refractivity contribution in [3.8, 4) is 0 Å². The summed E-state index contributed by atoms with van der Waals surface area (Å²) < 4.78 is 35.7. The maximum absolute atomic E-state index is 12.2. The van der Waals surface area contributed by atoms with Crippen LogP contribution in [0.2, 0.25) is 0 Å². The van der Waals surface area contributed by atoms with Gasteiger partial charge in [-0.2, -0.15) is 0 Å². The summed E-state index contributed by atoms with van der Waals surface area (Å²) in [6.45, 7) is 5.10. The number of aryl methyl sites for hydroxylation is 1. The Morgan fingerprint density at radius 1 is 1.32 bits per heavy atom. The van der Waals surface area contributed by atoms with Gasteiger partial charge in [0.15, 0.2) is 9.84 Å². The monoisotopic (exact) mass is 322 g/mol.